The molecule has 0 saturated heterocycles. The van der Waals surface area contributed by atoms with Crippen molar-refractivity contribution in [2.75, 3.05) is 13.1 Å². The number of hydrogen-bond donors (Lipinski definition) is 2. The second kappa shape index (κ2) is 10.1. The minimum absolute atomic E-state index is 0.111. The number of pyridine rings is 1. The van der Waals surface area contributed by atoms with Crippen molar-refractivity contribution in [3.63, 3.8) is 0 Å². The smallest absolute Gasteiger partial charge is 0.350 e. The van der Waals surface area contributed by atoms with Gasteiger partial charge in [0, 0.05) is 35.3 Å². The Labute approximate surface area is 181 Å². The molecule has 0 bridgehead atoms. The van der Waals surface area contributed by atoms with Crippen molar-refractivity contribution < 1.29 is 22.8 Å². The highest BCUT2D eigenvalue weighted by atomic mass is 32.2. The molecule has 3 rings (SSSR count). The van der Waals surface area contributed by atoms with Crippen LogP contribution in [0.4, 0.5) is 13.2 Å². The van der Waals surface area contributed by atoms with E-state index in [0.29, 0.717) is 5.56 Å². The molecule has 0 radical (unpaired) electrons. The summed E-state index contributed by atoms with van der Waals surface area (Å²) in [5, 5.41) is 6.09. The Morgan fingerprint density at radius 3 is 1.84 bits per heavy atom. The number of nitrogens with zero attached hydrogens (tertiary/aromatic N) is 1. The van der Waals surface area contributed by atoms with E-state index in [0.717, 1.165) is 34.2 Å². The lowest BCUT2D eigenvalue weighted by Gasteiger charge is -2.09. The van der Waals surface area contributed by atoms with Crippen molar-refractivity contribution in [3.8, 4) is 0 Å². The summed E-state index contributed by atoms with van der Waals surface area (Å²) in [4.78, 5) is 29.4. The molecular weight excluding hydrogens is 427 g/mol. The van der Waals surface area contributed by atoms with Crippen LogP contribution in [0.2, 0.25) is 0 Å². The quantitative estimate of drug-likeness (QED) is 0.529. The third-order valence-electron chi connectivity index (χ3n) is 4.15. The van der Waals surface area contributed by atoms with Crippen molar-refractivity contribution in [2.45, 2.75) is 16.1 Å². The molecule has 9 heteroatoms. The first-order valence-corrected chi connectivity index (χ1v) is 10.1. The number of rotatable bonds is 7. The van der Waals surface area contributed by atoms with Gasteiger partial charge in [-0.05, 0) is 60.7 Å². The lowest BCUT2D eigenvalue weighted by molar-refractivity contribution is -0.137. The maximum absolute atomic E-state index is 12.6. The molecule has 0 aliphatic carbocycles. The molecule has 0 unspecified atom stereocenters. The van der Waals surface area contributed by atoms with Crippen LogP contribution in [0.25, 0.3) is 0 Å². The van der Waals surface area contributed by atoms with Gasteiger partial charge in [-0.3, -0.25) is 9.59 Å². The summed E-state index contributed by atoms with van der Waals surface area (Å²) in [6.07, 6.45) is -2.74. The summed E-state index contributed by atoms with van der Waals surface area (Å²) in [5.74, 6) is -0.808. The average Bonchev–Trinajstić information content (AvgIpc) is 2.77. The van der Waals surface area contributed by atoms with Gasteiger partial charge in [-0.2, -0.15) is 13.2 Å². The molecule has 0 fully saturated rings. The van der Waals surface area contributed by atoms with Gasteiger partial charge in [-0.15, -0.1) is 0 Å². The van der Waals surface area contributed by atoms with Crippen molar-refractivity contribution in [1.82, 2.24) is 15.6 Å². The maximum atomic E-state index is 12.6. The zero-order chi connectivity index (χ0) is 22.3. The molecule has 0 spiro atoms. The van der Waals surface area contributed by atoms with Crippen LogP contribution in [0.3, 0.4) is 0 Å². The first-order chi connectivity index (χ1) is 14.8. The van der Waals surface area contributed by atoms with E-state index in [1.807, 2.05) is 30.3 Å². The summed E-state index contributed by atoms with van der Waals surface area (Å²) in [6, 6.07) is 16.6. The second-order valence-corrected chi connectivity index (χ2v) is 7.48. The molecule has 3 aromatic rings. The summed E-state index contributed by atoms with van der Waals surface area (Å²) in [7, 11) is 0. The number of carbonyl (C=O) groups is 2. The van der Waals surface area contributed by atoms with Crippen LogP contribution in [0.15, 0.2) is 82.8 Å². The van der Waals surface area contributed by atoms with Gasteiger partial charge in [-0.25, -0.2) is 4.98 Å². The predicted octanol–water partition coefficient (Wildman–Crippen LogP) is 4.41. The SMILES string of the molecule is O=C(NCCNC(=O)c1ccc(C(F)(F)F)cc1)c1ccc(Sc2ccccn2)cc1. The molecule has 0 aliphatic heterocycles. The standard InChI is InChI=1S/C22H18F3N3O2S/c23-22(24,25)17-8-4-15(5-9-17)20(29)27-13-14-28-21(30)16-6-10-18(11-7-16)31-19-3-1-2-12-26-19/h1-12H,13-14H2,(H,27,29)(H,28,30). The van der Waals surface area contributed by atoms with Gasteiger partial charge in [0.25, 0.3) is 11.8 Å². The Balaban J connectivity index is 1.43. The Morgan fingerprint density at radius 2 is 1.35 bits per heavy atom. The van der Waals surface area contributed by atoms with E-state index < -0.39 is 17.6 Å². The Hall–Kier alpha value is -3.33. The van der Waals surface area contributed by atoms with E-state index in [9.17, 15) is 22.8 Å². The molecule has 0 atom stereocenters. The normalized spacial score (nSPS) is 11.1. The molecular formula is C22H18F3N3O2S. The highest BCUT2D eigenvalue weighted by Gasteiger charge is 2.30. The van der Waals surface area contributed by atoms with Crippen molar-refractivity contribution in [2.24, 2.45) is 0 Å². The molecule has 160 valence electrons. The van der Waals surface area contributed by atoms with E-state index in [1.165, 1.54) is 11.8 Å². The van der Waals surface area contributed by atoms with Gasteiger partial charge < -0.3 is 10.6 Å². The lowest BCUT2D eigenvalue weighted by atomic mass is 10.1. The predicted molar refractivity (Wildman–Crippen MR) is 111 cm³/mol. The first-order valence-electron chi connectivity index (χ1n) is 9.25. The summed E-state index contributed by atoms with van der Waals surface area (Å²) < 4.78 is 37.7. The minimum atomic E-state index is -4.45. The van der Waals surface area contributed by atoms with Gasteiger partial charge in [0.1, 0.15) is 5.03 Å². The summed E-state index contributed by atoms with van der Waals surface area (Å²) >= 11 is 1.48. The number of carbonyl (C=O) groups excluding carboxylic acids is 2. The fourth-order valence-corrected chi connectivity index (χ4v) is 3.34. The molecule has 5 nitrogen and oxygen atoms in total. The van der Waals surface area contributed by atoms with Gasteiger partial charge in [-0.1, -0.05) is 17.8 Å². The van der Waals surface area contributed by atoms with Crippen LogP contribution in [0, 0.1) is 0 Å². The number of aromatic nitrogens is 1. The second-order valence-electron chi connectivity index (χ2n) is 6.38. The number of amides is 2. The minimum Gasteiger partial charge on any atom is -0.350 e. The van der Waals surface area contributed by atoms with E-state index in [1.54, 1.807) is 18.3 Å². The Bertz CT molecular complexity index is 1020. The molecule has 1 heterocycles. The van der Waals surface area contributed by atoms with E-state index in [2.05, 4.69) is 15.6 Å². The molecule has 2 amide bonds. The number of benzene rings is 2. The first kappa shape index (κ1) is 22.4. The highest BCUT2D eigenvalue weighted by Crippen LogP contribution is 2.29. The van der Waals surface area contributed by atoms with E-state index in [4.69, 9.17) is 0 Å². The van der Waals surface area contributed by atoms with Crippen molar-refractivity contribution in [3.05, 3.63) is 89.6 Å². The average molecular weight is 445 g/mol. The Morgan fingerprint density at radius 1 is 0.806 bits per heavy atom. The third-order valence-corrected chi connectivity index (χ3v) is 5.11. The number of halogens is 3. The van der Waals surface area contributed by atoms with Gasteiger partial charge in [0.2, 0.25) is 0 Å². The topological polar surface area (TPSA) is 71.1 Å². The number of hydrogen-bond acceptors (Lipinski definition) is 4. The molecule has 1 aromatic heterocycles. The molecule has 2 N–H and O–H groups in total. The van der Waals surface area contributed by atoms with E-state index >= 15 is 0 Å². The van der Waals surface area contributed by atoms with Crippen LogP contribution in [-0.2, 0) is 6.18 Å². The summed E-state index contributed by atoms with van der Waals surface area (Å²) in [6.45, 7) is 0.314. The third kappa shape index (κ3) is 6.58. The van der Waals surface area contributed by atoms with Gasteiger partial charge >= 0.3 is 6.18 Å². The fourth-order valence-electron chi connectivity index (χ4n) is 2.57. The maximum Gasteiger partial charge on any atom is 0.416 e. The largest absolute Gasteiger partial charge is 0.416 e. The fraction of sp³-hybridized carbons (Fsp3) is 0.136. The van der Waals surface area contributed by atoms with Crippen LogP contribution < -0.4 is 10.6 Å². The lowest BCUT2D eigenvalue weighted by Crippen LogP contribution is -2.34. The highest BCUT2D eigenvalue weighted by molar-refractivity contribution is 7.99. The van der Waals surface area contributed by atoms with Gasteiger partial charge in [0.05, 0.1) is 5.56 Å². The van der Waals surface area contributed by atoms with Crippen LogP contribution in [-0.4, -0.2) is 29.9 Å². The zero-order valence-corrected chi connectivity index (χ0v) is 17.0. The zero-order valence-electron chi connectivity index (χ0n) is 16.1. The van der Waals surface area contributed by atoms with Crippen LogP contribution in [0.1, 0.15) is 26.3 Å². The van der Waals surface area contributed by atoms with E-state index in [-0.39, 0.29) is 24.6 Å². The molecule has 2 aromatic carbocycles. The Kier molecular flexibility index (Phi) is 7.30. The van der Waals surface area contributed by atoms with Crippen LogP contribution >= 0.6 is 11.8 Å². The number of nitrogens with one attached hydrogen (secondary N) is 2. The van der Waals surface area contributed by atoms with Crippen LogP contribution in [0.5, 0.6) is 0 Å². The van der Waals surface area contributed by atoms with Gasteiger partial charge in [0.15, 0.2) is 0 Å². The van der Waals surface area contributed by atoms with Crippen molar-refractivity contribution in [1.29, 1.82) is 0 Å². The summed E-state index contributed by atoms with van der Waals surface area (Å²) in [5.41, 5.74) is -0.236. The molecule has 0 saturated carbocycles. The molecule has 0 aliphatic rings. The molecule has 31 heavy (non-hydrogen) atoms. The number of alkyl halides is 3. The monoisotopic (exact) mass is 445 g/mol. The van der Waals surface area contributed by atoms with Crippen molar-refractivity contribution >= 4 is 23.6 Å².